The van der Waals surface area contributed by atoms with Crippen molar-refractivity contribution in [1.82, 2.24) is 19.7 Å². The van der Waals surface area contributed by atoms with Crippen LogP contribution < -0.4 is 0 Å². The van der Waals surface area contributed by atoms with Crippen molar-refractivity contribution >= 4 is 11.8 Å². The van der Waals surface area contributed by atoms with Gasteiger partial charge >= 0.3 is 0 Å². The van der Waals surface area contributed by atoms with Gasteiger partial charge in [0.1, 0.15) is 0 Å². The molecule has 2 aliphatic heterocycles. The topological polar surface area (TPSA) is 56.8 Å². The second-order valence-electron chi connectivity index (χ2n) is 10.4. The molecule has 0 spiro atoms. The number of pyridine rings is 1. The van der Waals surface area contributed by atoms with E-state index in [1.807, 2.05) is 96.4 Å². The van der Waals surface area contributed by atoms with E-state index >= 15 is 0 Å². The van der Waals surface area contributed by atoms with Crippen LogP contribution in [0.4, 0.5) is 0 Å². The molecule has 0 N–H and O–H groups in total. The molecule has 0 saturated carbocycles. The molecular formula is C31H36N4O2. The number of nitrogens with zero attached hydrogens (tertiary/aromatic N) is 4. The molecule has 1 aromatic heterocycles. The lowest BCUT2D eigenvalue weighted by atomic mass is 10.0. The van der Waals surface area contributed by atoms with Gasteiger partial charge in [0.05, 0.1) is 11.4 Å². The van der Waals surface area contributed by atoms with Crippen LogP contribution in [0.25, 0.3) is 22.5 Å². The van der Waals surface area contributed by atoms with Crippen molar-refractivity contribution in [2.45, 2.75) is 32.7 Å². The van der Waals surface area contributed by atoms with E-state index in [2.05, 4.69) is 4.90 Å². The van der Waals surface area contributed by atoms with Crippen molar-refractivity contribution in [1.29, 1.82) is 0 Å². The molecule has 0 unspecified atom stereocenters. The Morgan fingerprint density at radius 1 is 0.730 bits per heavy atom. The third-order valence-electron chi connectivity index (χ3n) is 7.60. The molecule has 2 saturated heterocycles. The Hall–Kier alpha value is -3.51. The highest BCUT2D eigenvalue weighted by atomic mass is 16.2. The Kier molecular flexibility index (Phi) is 7.65. The molecule has 0 bridgehead atoms. The van der Waals surface area contributed by atoms with Crippen LogP contribution in [0.2, 0.25) is 0 Å². The van der Waals surface area contributed by atoms with Gasteiger partial charge in [-0.05, 0) is 25.0 Å². The van der Waals surface area contributed by atoms with Gasteiger partial charge in [-0.3, -0.25) is 14.5 Å². The number of carbonyl (C=O) groups excluding carboxylic acids is 2. The van der Waals surface area contributed by atoms with E-state index in [4.69, 9.17) is 4.98 Å². The van der Waals surface area contributed by atoms with Crippen LogP contribution >= 0.6 is 0 Å². The molecule has 0 aliphatic carbocycles. The highest BCUT2D eigenvalue weighted by Gasteiger charge is 2.31. The molecule has 2 aromatic carbocycles. The first-order chi connectivity index (χ1) is 18.0. The van der Waals surface area contributed by atoms with E-state index in [1.165, 1.54) is 0 Å². The molecule has 192 valence electrons. The van der Waals surface area contributed by atoms with Gasteiger partial charge in [0, 0.05) is 67.9 Å². The summed E-state index contributed by atoms with van der Waals surface area (Å²) >= 11 is 0. The van der Waals surface area contributed by atoms with Crippen molar-refractivity contribution in [3.63, 3.8) is 0 Å². The molecule has 3 heterocycles. The Bertz CT molecular complexity index is 1150. The number of hydrogen-bond acceptors (Lipinski definition) is 4. The number of carbonyl (C=O) groups is 2. The van der Waals surface area contributed by atoms with Gasteiger partial charge in [0.15, 0.2) is 0 Å². The molecule has 0 atom stereocenters. The summed E-state index contributed by atoms with van der Waals surface area (Å²) in [6.07, 6.45) is 2.02. The summed E-state index contributed by atoms with van der Waals surface area (Å²) in [5, 5.41) is 0. The number of likely N-dealkylation sites (tertiary alicyclic amines) is 1. The summed E-state index contributed by atoms with van der Waals surface area (Å²) in [4.78, 5) is 37.4. The normalized spacial score (nSPS) is 17.3. The fraction of sp³-hybridized carbons (Fsp3) is 0.387. The number of piperidine rings is 1. The van der Waals surface area contributed by atoms with Gasteiger partial charge in [0.2, 0.25) is 5.91 Å². The van der Waals surface area contributed by atoms with Crippen LogP contribution in [-0.2, 0) is 4.79 Å². The Balaban J connectivity index is 1.28. The van der Waals surface area contributed by atoms with Crippen LogP contribution in [-0.4, -0.2) is 76.8 Å². The Morgan fingerprint density at radius 2 is 1.24 bits per heavy atom. The zero-order valence-electron chi connectivity index (χ0n) is 21.8. The number of aromatic nitrogens is 1. The molecule has 37 heavy (non-hydrogen) atoms. The monoisotopic (exact) mass is 496 g/mol. The van der Waals surface area contributed by atoms with Gasteiger partial charge < -0.3 is 9.80 Å². The molecule has 2 amide bonds. The first-order valence-electron chi connectivity index (χ1n) is 13.4. The first kappa shape index (κ1) is 25.2. The smallest absolute Gasteiger partial charge is 0.254 e. The van der Waals surface area contributed by atoms with Crippen LogP contribution in [0.1, 0.15) is 37.0 Å². The number of rotatable bonds is 5. The molecule has 0 radical (unpaired) electrons. The number of benzene rings is 2. The quantitative estimate of drug-likeness (QED) is 0.508. The predicted molar refractivity (Wildman–Crippen MR) is 147 cm³/mol. The Labute approximate surface area is 219 Å². The van der Waals surface area contributed by atoms with E-state index in [-0.39, 0.29) is 17.7 Å². The third-order valence-corrected chi connectivity index (χ3v) is 7.60. The van der Waals surface area contributed by atoms with Gasteiger partial charge in [0.25, 0.3) is 5.91 Å². The largest absolute Gasteiger partial charge is 0.342 e. The summed E-state index contributed by atoms with van der Waals surface area (Å²) in [7, 11) is 0. The molecule has 2 aliphatic rings. The van der Waals surface area contributed by atoms with E-state index in [0.717, 1.165) is 61.5 Å². The summed E-state index contributed by atoms with van der Waals surface area (Å²) in [6.45, 7) is 8.79. The molecule has 2 fully saturated rings. The van der Waals surface area contributed by atoms with E-state index in [9.17, 15) is 9.59 Å². The highest BCUT2D eigenvalue weighted by Crippen LogP contribution is 2.26. The van der Waals surface area contributed by atoms with Crippen LogP contribution in [0.5, 0.6) is 0 Å². The predicted octanol–water partition coefficient (Wildman–Crippen LogP) is 4.82. The summed E-state index contributed by atoms with van der Waals surface area (Å²) in [5.74, 6) is 0.383. The first-order valence-corrected chi connectivity index (χ1v) is 13.4. The summed E-state index contributed by atoms with van der Waals surface area (Å²) < 4.78 is 0. The van der Waals surface area contributed by atoms with Crippen molar-refractivity contribution in [3.8, 4) is 22.5 Å². The lowest BCUT2D eigenvalue weighted by Gasteiger charge is -2.43. The SMILES string of the molecule is CC(C)C(=O)N1CCC(N2CCN(C(=O)c3cc(-c4ccccc4)nc(-c4ccccc4)c3)CC2)CC1. The second-order valence-corrected chi connectivity index (χ2v) is 10.4. The maximum absolute atomic E-state index is 13.7. The van der Waals surface area contributed by atoms with E-state index < -0.39 is 0 Å². The number of amides is 2. The number of piperazine rings is 1. The van der Waals surface area contributed by atoms with E-state index in [1.54, 1.807) is 0 Å². The van der Waals surface area contributed by atoms with Crippen molar-refractivity contribution in [2.75, 3.05) is 39.3 Å². The van der Waals surface area contributed by atoms with Gasteiger partial charge in [-0.25, -0.2) is 4.98 Å². The molecule has 5 rings (SSSR count). The fourth-order valence-electron chi connectivity index (χ4n) is 5.46. The summed E-state index contributed by atoms with van der Waals surface area (Å²) in [5.41, 5.74) is 4.31. The maximum Gasteiger partial charge on any atom is 0.254 e. The van der Waals surface area contributed by atoms with Crippen molar-refractivity contribution in [2.24, 2.45) is 5.92 Å². The van der Waals surface area contributed by atoms with Crippen LogP contribution in [0.15, 0.2) is 72.8 Å². The van der Waals surface area contributed by atoms with Crippen LogP contribution in [0.3, 0.4) is 0 Å². The third kappa shape index (κ3) is 5.75. The van der Waals surface area contributed by atoms with E-state index in [0.29, 0.717) is 24.7 Å². The molecular weight excluding hydrogens is 460 g/mol. The summed E-state index contributed by atoms with van der Waals surface area (Å²) in [6, 6.07) is 24.4. The van der Waals surface area contributed by atoms with Gasteiger partial charge in [-0.2, -0.15) is 0 Å². The van der Waals surface area contributed by atoms with Gasteiger partial charge in [-0.1, -0.05) is 74.5 Å². The Morgan fingerprint density at radius 3 is 1.73 bits per heavy atom. The maximum atomic E-state index is 13.7. The zero-order valence-corrected chi connectivity index (χ0v) is 21.8. The average molecular weight is 497 g/mol. The highest BCUT2D eigenvalue weighted by molar-refractivity contribution is 5.96. The lowest BCUT2D eigenvalue weighted by Crippen LogP contribution is -2.55. The average Bonchev–Trinajstić information content (AvgIpc) is 2.97. The minimum Gasteiger partial charge on any atom is -0.342 e. The molecule has 6 heteroatoms. The lowest BCUT2D eigenvalue weighted by molar-refractivity contribution is -0.136. The zero-order chi connectivity index (χ0) is 25.8. The second kappa shape index (κ2) is 11.3. The van der Waals surface area contributed by atoms with Crippen molar-refractivity contribution < 1.29 is 9.59 Å². The van der Waals surface area contributed by atoms with Gasteiger partial charge in [-0.15, -0.1) is 0 Å². The minimum atomic E-state index is 0.0594. The standard InChI is InChI=1S/C31H36N4O2/c1-23(2)30(36)34-15-13-27(14-16-34)33-17-19-35(20-18-33)31(37)26-21-28(24-9-5-3-6-10-24)32-29(22-26)25-11-7-4-8-12-25/h3-12,21-23,27H,13-20H2,1-2H3. The molecule has 6 nitrogen and oxygen atoms in total. The van der Waals surface area contributed by atoms with Crippen LogP contribution in [0, 0.1) is 5.92 Å². The number of hydrogen-bond donors (Lipinski definition) is 0. The van der Waals surface area contributed by atoms with Crippen molar-refractivity contribution in [3.05, 3.63) is 78.4 Å². The minimum absolute atomic E-state index is 0.0594. The molecule has 3 aromatic rings. The fourth-order valence-corrected chi connectivity index (χ4v) is 5.46.